The van der Waals surface area contributed by atoms with Gasteiger partial charge in [-0.2, -0.15) is 0 Å². The Morgan fingerprint density at radius 1 is 1.29 bits per heavy atom. The number of pyridine rings is 1. The molecule has 4 rings (SSSR count). The number of carbonyl (C=O) groups is 1. The fourth-order valence-corrected chi connectivity index (χ4v) is 5.03. The van der Waals surface area contributed by atoms with Gasteiger partial charge in [0.15, 0.2) is 0 Å². The molecule has 0 bridgehead atoms. The van der Waals surface area contributed by atoms with E-state index in [-0.39, 0.29) is 5.91 Å². The molecule has 1 amide bonds. The van der Waals surface area contributed by atoms with Gasteiger partial charge in [0.25, 0.3) is 5.91 Å². The average Bonchev–Trinajstić information content (AvgIpc) is 3.40. The van der Waals surface area contributed by atoms with E-state index in [4.69, 9.17) is 4.98 Å². The van der Waals surface area contributed by atoms with Gasteiger partial charge in [-0.1, -0.05) is 6.92 Å². The van der Waals surface area contributed by atoms with Crippen LogP contribution in [0, 0.1) is 6.92 Å². The van der Waals surface area contributed by atoms with Crippen molar-refractivity contribution in [3.8, 4) is 0 Å². The number of H-pyrrole nitrogens is 1. The molecule has 4 heterocycles. The second-order valence-electron chi connectivity index (χ2n) is 7.75. The SMILES string of the molecule is CCc1ncc(CN2CCC(c3nc(C)ccc3C(=O)N3CCSC3)CC2)[nH]1. The minimum atomic E-state index is 0.152. The van der Waals surface area contributed by atoms with Gasteiger partial charge < -0.3 is 9.88 Å². The van der Waals surface area contributed by atoms with Crippen molar-refractivity contribution in [3.05, 3.63) is 46.8 Å². The number of aromatic nitrogens is 3. The van der Waals surface area contributed by atoms with Crippen molar-refractivity contribution in [3.63, 3.8) is 0 Å². The van der Waals surface area contributed by atoms with Crippen molar-refractivity contribution in [1.82, 2.24) is 24.8 Å². The first kappa shape index (κ1) is 19.5. The molecule has 0 spiro atoms. The number of amides is 1. The van der Waals surface area contributed by atoms with Crippen molar-refractivity contribution < 1.29 is 4.79 Å². The lowest BCUT2D eigenvalue weighted by atomic mass is 9.89. The Morgan fingerprint density at radius 3 is 2.79 bits per heavy atom. The van der Waals surface area contributed by atoms with Gasteiger partial charge in [0, 0.05) is 48.8 Å². The van der Waals surface area contributed by atoms with Crippen LogP contribution in [0.5, 0.6) is 0 Å². The number of nitrogens with one attached hydrogen (secondary N) is 1. The van der Waals surface area contributed by atoms with Gasteiger partial charge in [0.1, 0.15) is 5.82 Å². The van der Waals surface area contributed by atoms with Gasteiger partial charge in [-0.3, -0.25) is 14.7 Å². The third-order valence-electron chi connectivity index (χ3n) is 5.72. The molecule has 2 aliphatic rings. The first-order chi connectivity index (χ1) is 13.6. The quantitative estimate of drug-likeness (QED) is 0.836. The predicted octanol–water partition coefficient (Wildman–Crippen LogP) is 3.20. The summed E-state index contributed by atoms with van der Waals surface area (Å²) in [5, 5.41) is 0. The Hall–Kier alpha value is -1.86. The summed E-state index contributed by atoms with van der Waals surface area (Å²) in [6, 6.07) is 3.96. The molecule has 1 N–H and O–H groups in total. The number of likely N-dealkylation sites (tertiary alicyclic amines) is 1. The predicted molar refractivity (Wildman–Crippen MR) is 113 cm³/mol. The van der Waals surface area contributed by atoms with E-state index < -0.39 is 0 Å². The number of aryl methyl sites for hydroxylation is 2. The molecule has 0 unspecified atom stereocenters. The zero-order valence-electron chi connectivity index (χ0n) is 16.8. The lowest BCUT2D eigenvalue weighted by Gasteiger charge is -2.32. The largest absolute Gasteiger partial charge is 0.345 e. The van der Waals surface area contributed by atoms with Crippen LogP contribution in [0.25, 0.3) is 0 Å². The third kappa shape index (κ3) is 4.25. The smallest absolute Gasteiger partial charge is 0.256 e. The van der Waals surface area contributed by atoms with Crippen LogP contribution in [-0.4, -0.2) is 61.9 Å². The number of aromatic amines is 1. The van der Waals surface area contributed by atoms with Gasteiger partial charge >= 0.3 is 0 Å². The van der Waals surface area contributed by atoms with E-state index in [0.717, 1.165) is 79.8 Å². The number of hydrogen-bond donors (Lipinski definition) is 1. The van der Waals surface area contributed by atoms with Crippen LogP contribution in [0.15, 0.2) is 18.3 Å². The first-order valence-corrected chi connectivity index (χ1v) is 11.4. The van der Waals surface area contributed by atoms with Crippen LogP contribution in [0.2, 0.25) is 0 Å². The number of rotatable bonds is 5. The fraction of sp³-hybridized carbons (Fsp3) is 0.571. The summed E-state index contributed by atoms with van der Waals surface area (Å²) >= 11 is 1.82. The molecule has 2 aromatic rings. The fourth-order valence-electron chi connectivity index (χ4n) is 4.08. The van der Waals surface area contributed by atoms with Crippen molar-refractivity contribution in [2.24, 2.45) is 0 Å². The van der Waals surface area contributed by atoms with Crippen LogP contribution in [0.3, 0.4) is 0 Å². The average molecular weight is 400 g/mol. The summed E-state index contributed by atoms with van der Waals surface area (Å²) in [4.78, 5) is 30.1. The van der Waals surface area contributed by atoms with Gasteiger partial charge in [0.2, 0.25) is 0 Å². The molecule has 2 aromatic heterocycles. The lowest BCUT2D eigenvalue weighted by molar-refractivity contribution is 0.0799. The monoisotopic (exact) mass is 399 g/mol. The van der Waals surface area contributed by atoms with E-state index in [9.17, 15) is 4.79 Å². The number of imidazole rings is 1. The number of thioether (sulfide) groups is 1. The Balaban J connectivity index is 1.43. The summed E-state index contributed by atoms with van der Waals surface area (Å²) in [7, 11) is 0. The second kappa shape index (κ2) is 8.66. The zero-order chi connectivity index (χ0) is 19.5. The molecule has 0 atom stereocenters. The Labute approximate surface area is 171 Å². The summed E-state index contributed by atoms with van der Waals surface area (Å²) in [5.41, 5.74) is 4.00. The van der Waals surface area contributed by atoms with Crippen molar-refractivity contribution in [2.75, 3.05) is 31.3 Å². The van der Waals surface area contributed by atoms with Crippen LogP contribution in [-0.2, 0) is 13.0 Å². The minimum Gasteiger partial charge on any atom is -0.345 e. The molecule has 150 valence electrons. The highest BCUT2D eigenvalue weighted by Crippen LogP contribution is 2.31. The molecular weight excluding hydrogens is 370 g/mol. The van der Waals surface area contributed by atoms with Crippen molar-refractivity contribution >= 4 is 17.7 Å². The highest BCUT2D eigenvalue weighted by Gasteiger charge is 2.29. The summed E-state index contributed by atoms with van der Waals surface area (Å²) < 4.78 is 0. The maximum Gasteiger partial charge on any atom is 0.256 e. The number of piperidine rings is 1. The zero-order valence-corrected chi connectivity index (χ0v) is 17.6. The van der Waals surface area contributed by atoms with E-state index in [1.54, 1.807) is 0 Å². The van der Waals surface area contributed by atoms with E-state index >= 15 is 0 Å². The van der Waals surface area contributed by atoms with Crippen LogP contribution in [0.1, 0.15) is 58.9 Å². The molecule has 0 aliphatic carbocycles. The number of hydrogen-bond acceptors (Lipinski definition) is 5. The molecule has 2 saturated heterocycles. The molecule has 28 heavy (non-hydrogen) atoms. The van der Waals surface area contributed by atoms with E-state index in [1.165, 1.54) is 5.69 Å². The van der Waals surface area contributed by atoms with Crippen molar-refractivity contribution in [1.29, 1.82) is 0 Å². The maximum atomic E-state index is 13.0. The molecular formula is C21H29N5OS. The van der Waals surface area contributed by atoms with Crippen molar-refractivity contribution in [2.45, 2.75) is 45.6 Å². The van der Waals surface area contributed by atoms with Crippen LogP contribution < -0.4 is 0 Å². The lowest BCUT2D eigenvalue weighted by Crippen LogP contribution is -2.34. The second-order valence-corrected chi connectivity index (χ2v) is 8.83. The van der Waals surface area contributed by atoms with Crippen LogP contribution >= 0.6 is 11.8 Å². The highest BCUT2D eigenvalue weighted by atomic mass is 32.2. The molecule has 0 saturated carbocycles. The first-order valence-electron chi connectivity index (χ1n) is 10.2. The number of nitrogens with zero attached hydrogens (tertiary/aromatic N) is 4. The maximum absolute atomic E-state index is 13.0. The molecule has 7 heteroatoms. The Bertz CT molecular complexity index is 822. The van der Waals surface area contributed by atoms with Gasteiger partial charge in [-0.25, -0.2) is 4.98 Å². The normalized spacial score (nSPS) is 18.7. The van der Waals surface area contributed by atoms with Crippen LogP contribution in [0.4, 0.5) is 0 Å². The topological polar surface area (TPSA) is 65.1 Å². The minimum absolute atomic E-state index is 0.152. The van der Waals surface area contributed by atoms with E-state index in [0.29, 0.717) is 5.92 Å². The summed E-state index contributed by atoms with van der Waals surface area (Å²) in [5.74, 6) is 3.40. The Kier molecular flexibility index (Phi) is 6.01. The molecule has 6 nitrogen and oxygen atoms in total. The van der Waals surface area contributed by atoms with Gasteiger partial charge in [-0.15, -0.1) is 11.8 Å². The summed E-state index contributed by atoms with van der Waals surface area (Å²) in [6.07, 6.45) is 4.98. The van der Waals surface area contributed by atoms with E-state index in [2.05, 4.69) is 21.8 Å². The van der Waals surface area contributed by atoms with E-state index in [1.807, 2.05) is 41.9 Å². The molecule has 0 radical (unpaired) electrons. The highest BCUT2D eigenvalue weighted by molar-refractivity contribution is 7.99. The van der Waals surface area contributed by atoms with Gasteiger partial charge in [0.05, 0.1) is 17.1 Å². The standard InChI is InChI=1S/C21H29N5OS/c1-3-19-22-12-17(24-19)13-25-8-6-16(7-9-25)20-18(5-4-15(2)23-20)21(27)26-10-11-28-14-26/h4-5,12,16H,3,6-11,13-14H2,1-2H3,(H,22,24). The summed E-state index contributed by atoms with van der Waals surface area (Å²) in [6.45, 7) is 7.93. The Morgan fingerprint density at radius 2 is 2.11 bits per heavy atom. The molecule has 0 aromatic carbocycles. The number of carbonyl (C=O) groups excluding carboxylic acids is 1. The molecule has 2 fully saturated rings. The molecule has 2 aliphatic heterocycles. The van der Waals surface area contributed by atoms with Gasteiger partial charge in [-0.05, 0) is 45.0 Å². The third-order valence-corrected chi connectivity index (χ3v) is 6.68.